The number of hydrogen-bond donors (Lipinski definition) is 3. The minimum Gasteiger partial charge on any atom is -0.507 e. The van der Waals surface area contributed by atoms with E-state index in [4.69, 9.17) is 0 Å². The molecular weight excluding hydrogens is 390 g/mol. The number of nitrogens with one attached hydrogen (secondary N) is 2. The number of aromatic nitrogens is 4. The summed E-state index contributed by atoms with van der Waals surface area (Å²) in [5.74, 6) is 2.65. The zero-order valence-electron chi connectivity index (χ0n) is 17.6. The SMILES string of the molecule is CNc1cc(-c2ccc(-c3ccc(N4CC[C@@H](NCC5CC5)C4)nn3)c(O)c2)ncn1. The van der Waals surface area contributed by atoms with Gasteiger partial charge < -0.3 is 20.6 Å². The minimum atomic E-state index is 0.148. The first-order chi connectivity index (χ1) is 15.2. The van der Waals surface area contributed by atoms with Crippen LogP contribution < -0.4 is 15.5 Å². The van der Waals surface area contributed by atoms with Gasteiger partial charge in [-0.05, 0) is 56.0 Å². The van der Waals surface area contributed by atoms with Gasteiger partial charge in [0, 0.05) is 43.4 Å². The van der Waals surface area contributed by atoms with Gasteiger partial charge in [-0.3, -0.25) is 0 Å². The Morgan fingerprint density at radius 1 is 1.03 bits per heavy atom. The Kier molecular flexibility index (Phi) is 5.38. The maximum atomic E-state index is 10.6. The highest BCUT2D eigenvalue weighted by molar-refractivity contribution is 5.73. The van der Waals surface area contributed by atoms with Crippen LogP contribution in [0.3, 0.4) is 0 Å². The number of benzene rings is 1. The Morgan fingerprint density at radius 3 is 2.68 bits per heavy atom. The zero-order valence-corrected chi connectivity index (χ0v) is 17.6. The van der Waals surface area contributed by atoms with E-state index in [9.17, 15) is 5.11 Å². The number of nitrogens with zero attached hydrogens (tertiary/aromatic N) is 5. The molecule has 8 nitrogen and oxygen atoms in total. The molecule has 1 aliphatic carbocycles. The lowest BCUT2D eigenvalue weighted by atomic mass is 10.0. The molecule has 1 aliphatic heterocycles. The predicted molar refractivity (Wildman–Crippen MR) is 121 cm³/mol. The normalized spacial score (nSPS) is 18.4. The number of phenolic OH excluding ortho intramolecular Hbond substituents is 1. The van der Waals surface area contributed by atoms with Crippen LogP contribution in [0.25, 0.3) is 22.5 Å². The Bertz CT molecular complexity index is 1050. The second-order valence-electron chi connectivity index (χ2n) is 8.33. The van der Waals surface area contributed by atoms with E-state index in [1.165, 1.54) is 19.2 Å². The van der Waals surface area contributed by atoms with Crippen molar-refractivity contribution in [2.45, 2.75) is 25.3 Å². The molecule has 0 unspecified atom stereocenters. The minimum absolute atomic E-state index is 0.148. The third kappa shape index (κ3) is 4.44. The molecule has 2 aliphatic rings. The number of hydrogen-bond acceptors (Lipinski definition) is 8. The first-order valence-electron chi connectivity index (χ1n) is 10.9. The number of aromatic hydroxyl groups is 1. The molecule has 3 aromatic rings. The summed E-state index contributed by atoms with van der Waals surface area (Å²) in [5.41, 5.74) is 2.85. The van der Waals surface area contributed by atoms with Gasteiger partial charge in [0.15, 0.2) is 5.82 Å². The quantitative estimate of drug-likeness (QED) is 0.540. The van der Waals surface area contributed by atoms with Gasteiger partial charge in [0.05, 0.1) is 11.4 Å². The van der Waals surface area contributed by atoms with E-state index in [-0.39, 0.29) is 5.75 Å². The molecule has 1 saturated heterocycles. The highest BCUT2D eigenvalue weighted by Crippen LogP contribution is 2.33. The molecule has 5 rings (SSSR count). The lowest BCUT2D eigenvalue weighted by molar-refractivity contribution is 0.477. The summed E-state index contributed by atoms with van der Waals surface area (Å²) in [6, 6.07) is 11.7. The van der Waals surface area contributed by atoms with E-state index in [2.05, 4.69) is 35.7 Å². The van der Waals surface area contributed by atoms with Gasteiger partial charge in [-0.1, -0.05) is 6.07 Å². The third-order valence-corrected chi connectivity index (χ3v) is 6.05. The number of anilines is 2. The second kappa shape index (κ2) is 8.47. The smallest absolute Gasteiger partial charge is 0.151 e. The van der Waals surface area contributed by atoms with Crippen molar-refractivity contribution in [2.24, 2.45) is 5.92 Å². The maximum absolute atomic E-state index is 10.6. The molecule has 2 fully saturated rings. The van der Waals surface area contributed by atoms with Crippen LogP contribution in [0.1, 0.15) is 19.3 Å². The summed E-state index contributed by atoms with van der Waals surface area (Å²) in [6.45, 7) is 3.10. The van der Waals surface area contributed by atoms with Crippen LogP contribution >= 0.6 is 0 Å². The Morgan fingerprint density at radius 2 is 1.94 bits per heavy atom. The maximum Gasteiger partial charge on any atom is 0.151 e. The van der Waals surface area contributed by atoms with Gasteiger partial charge in [-0.25, -0.2) is 9.97 Å². The second-order valence-corrected chi connectivity index (χ2v) is 8.33. The number of rotatable bonds is 7. The van der Waals surface area contributed by atoms with Crippen LogP contribution in [0.5, 0.6) is 5.75 Å². The summed E-state index contributed by atoms with van der Waals surface area (Å²) in [7, 11) is 1.81. The van der Waals surface area contributed by atoms with Crippen molar-refractivity contribution in [2.75, 3.05) is 36.9 Å². The molecule has 160 valence electrons. The highest BCUT2D eigenvalue weighted by atomic mass is 16.3. The van der Waals surface area contributed by atoms with Crippen molar-refractivity contribution >= 4 is 11.6 Å². The van der Waals surface area contributed by atoms with Crippen LogP contribution in [0, 0.1) is 5.92 Å². The van der Waals surface area contributed by atoms with Crippen molar-refractivity contribution in [1.82, 2.24) is 25.5 Å². The van der Waals surface area contributed by atoms with E-state index in [1.54, 1.807) is 6.07 Å². The molecule has 1 aromatic carbocycles. The molecule has 1 saturated carbocycles. The summed E-state index contributed by atoms with van der Waals surface area (Å²) in [5, 5.41) is 26.1. The fourth-order valence-corrected chi connectivity index (χ4v) is 3.99. The van der Waals surface area contributed by atoms with Crippen molar-refractivity contribution in [3.05, 3.63) is 42.7 Å². The van der Waals surface area contributed by atoms with E-state index in [0.29, 0.717) is 17.3 Å². The molecule has 31 heavy (non-hydrogen) atoms. The zero-order chi connectivity index (χ0) is 21.2. The van der Waals surface area contributed by atoms with Gasteiger partial charge in [0.2, 0.25) is 0 Å². The molecule has 0 radical (unpaired) electrons. The fraction of sp³-hybridized carbons (Fsp3) is 0.391. The van der Waals surface area contributed by atoms with Crippen LogP contribution in [-0.2, 0) is 0 Å². The summed E-state index contributed by atoms with van der Waals surface area (Å²) in [6.07, 6.45) is 5.39. The van der Waals surface area contributed by atoms with Crippen molar-refractivity contribution in [3.8, 4) is 28.3 Å². The van der Waals surface area contributed by atoms with Gasteiger partial charge >= 0.3 is 0 Å². The fourth-order valence-electron chi connectivity index (χ4n) is 3.99. The molecule has 8 heteroatoms. The van der Waals surface area contributed by atoms with E-state index >= 15 is 0 Å². The monoisotopic (exact) mass is 417 g/mol. The molecule has 3 N–H and O–H groups in total. The lowest BCUT2D eigenvalue weighted by Gasteiger charge is -2.17. The average molecular weight is 418 g/mol. The predicted octanol–water partition coefficient (Wildman–Crippen LogP) is 2.93. The first-order valence-corrected chi connectivity index (χ1v) is 10.9. The van der Waals surface area contributed by atoms with Crippen LogP contribution in [-0.4, -0.2) is 58.0 Å². The van der Waals surface area contributed by atoms with Crippen molar-refractivity contribution < 1.29 is 5.11 Å². The molecule has 0 bridgehead atoms. The van der Waals surface area contributed by atoms with E-state index < -0.39 is 0 Å². The van der Waals surface area contributed by atoms with E-state index in [1.807, 2.05) is 37.4 Å². The standard InChI is InChI=1S/C23H27N7O/c1-24-22-11-20(26-14-27-22)16-4-5-18(21(31)10-16)19-6-7-23(29-28-19)30-9-8-17(13-30)25-12-15-2-3-15/h4-7,10-11,14-15,17,25,31H,2-3,8-9,12-13H2,1H3,(H,24,26,27)/t17-/m1/s1. The molecule has 3 heterocycles. The Balaban J connectivity index is 1.28. The van der Waals surface area contributed by atoms with Crippen molar-refractivity contribution in [1.29, 1.82) is 0 Å². The highest BCUT2D eigenvalue weighted by Gasteiger charge is 2.27. The molecule has 1 atom stereocenters. The number of phenols is 1. The summed E-state index contributed by atoms with van der Waals surface area (Å²) >= 11 is 0. The largest absolute Gasteiger partial charge is 0.507 e. The van der Waals surface area contributed by atoms with Crippen LogP contribution in [0.15, 0.2) is 42.7 Å². The van der Waals surface area contributed by atoms with Gasteiger partial charge in [-0.15, -0.1) is 10.2 Å². The first kappa shape index (κ1) is 19.7. The van der Waals surface area contributed by atoms with Gasteiger partial charge in [0.1, 0.15) is 17.9 Å². The van der Waals surface area contributed by atoms with Gasteiger partial charge in [-0.2, -0.15) is 0 Å². The Hall–Kier alpha value is -3.26. The molecule has 0 amide bonds. The molecule has 2 aromatic heterocycles. The van der Waals surface area contributed by atoms with Crippen LogP contribution in [0.4, 0.5) is 11.6 Å². The summed E-state index contributed by atoms with van der Waals surface area (Å²) in [4.78, 5) is 10.7. The molecule has 0 spiro atoms. The summed E-state index contributed by atoms with van der Waals surface area (Å²) < 4.78 is 0. The van der Waals surface area contributed by atoms with Crippen molar-refractivity contribution in [3.63, 3.8) is 0 Å². The Labute approximate surface area is 181 Å². The molecular formula is C23H27N7O. The van der Waals surface area contributed by atoms with Gasteiger partial charge in [0.25, 0.3) is 0 Å². The van der Waals surface area contributed by atoms with Crippen LogP contribution in [0.2, 0.25) is 0 Å². The lowest BCUT2D eigenvalue weighted by Crippen LogP contribution is -2.34. The third-order valence-electron chi connectivity index (χ3n) is 6.05. The average Bonchev–Trinajstić information content (AvgIpc) is 3.53. The topological polar surface area (TPSA) is 99.1 Å². The van der Waals surface area contributed by atoms with E-state index in [0.717, 1.165) is 54.9 Å².